The van der Waals surface area contributed by atoms with Crippen LogP contribution in [0.3, 0.4) is 0 Å². The second-order valence-electron chi connectivity index (χ2n) is 6.71. The minimum atomic E-state index is 0.641. The SMILES string of the molecule is CNCCCOCCOCCNCc1ccc2cc(-c3ccccc3)oc2c1. The zero-order chi connectivity index (χ0) is 19.4. The minimum Gasteiger partial charge on any atom is -0.456 e. The van der Waals surface area contributed by atoms with E-state index >= 15 is 0 Å². The lowest BCUT2D eigenvalue weighted by Gasteiger charge is -2.07. The van der Waals surface area contributed by atoms with Gasteiger partial charge in [0.15, 0.2) is 0 Å². The Morgan fingerprint density at radius 1 is 0.857 bits per heavy atom. The van der Waals surface area contributed by atoms with Crippen LogP contribution < -0.4 is 10.6 Å². The summed E-state index contributed by atoms with van der Waals surface area (Å²) in [6, 6.07) is 18.6. The topological polar surface area (TPSA) is 55.7 Å². The summed E-state index contributed by atoms with van der Waals surface area (Å²) in [4.78, 5) is 0. The van der Waals surface area contributed by atoms with Crippen LogP contribution in [0.25, 0.3) is 22.3 Å². The van der Waals surface area contributed by atoms with Crippen LogP contribution in [0.5, 0.6) is 0 Å². The zero-order valence-corrected chi connectivity index (χ0v) is 16.6. The van der Waals surface area contributed by atoms with Crippen LogP contribution >= 0.6 is 0 Å². The molecule has 2 aromatic carbocycles. The van der Waals surface area contributed by atoms with Gasteiger partial charge in [0.1, 0.15) is 11.3 Å². The predicted octanol–water partition coefficient (Wildman–Crippen LogP) is 3.83. The summed E-state index contributed by atoms with van der Waals surface area (Å²) in [6.45, 7) is 5.35. The first kappa shape index (κ1) is 20.6. The Hall–Kier alpha value is -2.18. The molecule has 0 radical (unpaired) electrons. The summed E-state index contributed by atoms with van der Waals surface area (Å²) in [5.74, 6) is 0.905. The molecule has 0 saturated heterocycles. The molecule has 0 bridgehead atoms. The van der Waals surface area contributed by atoms with Crippen molar-refractivity contribution in [3.8, 4) is 11.3 Å². The lowest BCUT2D eigenvalue weighted by molar-refractivity contribution is 0.0481. The van der Waals surface area contributed by atoms with Crippen LogP contribution in [0.2, 0.25) is 0 Å². The van der Waals surface area contributed by atoms with Gasteiger partial charge in [-0.2, -0.15) is 0 Å². The van der Waals surface area contributed by atoms with Gasteiger partial charge in [-0.3, -0.25) is 0 Å². The van der Waals surface area contributed by atoms with E-state index in [1.165, 1.54) is 5.56 Å². The van der Waals surface area contributed by atoms with E-state index < -0.39 is 0 Å². The van der Waals surface area contributed by atoms with Crippen molar-refractivity contribution < 1.29 is 13.9 Å². The lowest BCUT2D eigenvalue weighted by Crippen LogP contribution is -2.20. The highest BCUT2D eigenvalue weighted by atomic mass is 16.5. The van der Waals surface area contributed by atoms with E-state index in [0.29, 0.717) is 19.8 Å². The van der Waals surface area contributed by atoms with Crippen molar-refractivity contribution in [2.45, 2.75) is 13.0 Å². The standard InChI is InChI=1S/C23H30N2O3/c1-24-10-5-12-26-14-15-27-13-11-25-18-19-8-9-21-17-23(28-22(21)16-19)20-6-3-2-4-7-20/h2-4,6-9,16-17,24-25H,5,10-15,18H2,1H3. The molecule has 5 nitrogen and oxygen atoms in total. The fraction of sp³-hybridized carbons (Fsp3) is 0.391. The van der Waals surface area contributed by atoms with Crippen LogP contribution in [0.4, 0.5) is 0 Å². The number of rotatable bonds is 13. The van der Waals surface area contributed by atoms with E-state index in [9.17, 15) is 0 Å². The van der Waals surface area contributed by atoms with Gasteiger partial charge >= 0.3 is 0 Å². The Bertz CT molecular complexity index is 817. The van der Waals surface area contributed by atoms with Gasteiger partial charge in [0.2, 0.25) is 0 Å². The maximum absolute atomic E-state index is 6.03. The van der Waals surface area contributed by atoms with Gasteiger partial charge in [-0.25, -0.2) is 0 Å². The van der Waals surface area contributed by atoms with Crippen LogP contribution in [-0.4, -0.2) is 46.6 Å². The first-order valence-corrected chi connectivity index (χ1v) is 9.95. The number of hydrogen-bond acceptors (Lipinski definition) is 5. The number of hydrogen-bond donors (Lipinski definition) is 2. The molecule has 0 atom stereocenters. The van der Waals surface area contributed by atoms with E-state index in [1.54, 1.807) is 0 Å². The molecule has 0 amide bonds. The largest absolute Gasteiger partial charge is 0.456 e. The van der Waals surface area contributed by atoms with Crippen LogP contribution in [0.15, 0.2) is 59.0 Å². The third-order valence-corrected chi connectivity index (χ3v) is 4.48. The fourth-order valence-electron chi connectivity index (χ4n) is 2.98. The van der Waals surface area contributed by atoms with E-state index in [0.717, 1.165) is 55.0 Å². The molecular weight excluding hydrogens is 352 g/mol. The van der Waals surface area contributed by atoms with Crippen LogP contribution in [0.1, 0.15) is 12.0 Å². The molecule has 0 fully saturated rings. The molecule has 1 heterocycles. The van der Waals surface area contributed by atoms with Gasteiger partial charge < -0.3 is 24.5 Å². The quantitative estimate of drug-likeness (QED) is 0.440. The number of furan rings is 1. The molecule has 0 spiro atoms. The molecule has 28 heavy (non-hydrogen) atoms. The zero-order valence-electron chi connectivity index (χ0n) is 16.6. The first-order chi connectivity index (χ1) is 13.9. The summed E-state index contributed by atoms with van der Waals surface area (Å²) >= 11 is 0. The van der Waals surface area contributed by atoms with Gasteiger partial charge in [0.05, 0.1) is 19.8 Å². The molecule has 0 aliphatic heterocycles. The maximum Gasteiger partial charge on any atom is 0.135 e. The highest BCUT2D eigenvalue weighted by molar-refractivity contribution is 5.83. The van der Waals surface area contributed by atoms with Crippen molar-refractivity contribution in [1.29, 1.82) is 0 Å². The monoisotopic (exact) mass is 382 g/mol. The van der Waals surface area contributed by atoms with Crippen molar-refractivity contribution in [1.82, 2.24) is 10.6 Å². The summed E-state index contributed by atoms with van der Waals surface area (Å²) in [5.41, 5.74) is 3.22. The lowest BCUT2D eigenvalue weighted by atomic mass is 10.1. The highest BCUT2D eigenvalue weighted by Gasteiger charge is 2.06. The van der Waals surface area contributed by atoms with E-state index in [-0.39, 0.29) is 0 Å². The molecule has 2 N–H and O–H groups in total. The number of fused-ring (bicyclic) bond motifs is 1. The number of benzene rings is 2. The van der Waals surface area contributed by atoms with Crippen molar-refractivity contribution in [3.05, 3.63) is 60.2 Å². The van der Waals surface area contributed by atoms with E-state index in [4.69, 9.17) is 13.9 Å². The summed E-state index contributed by atoms with van der Waals surface area (Å²) in [5, 5.41) is 7.63. The minimum absolute atomic E-state index is 0.641. The molecule has 0 aliphatic rings. The molecule has 0 saturated carbocycles. The van der Waals surface area contributed by atoms with E-state index in [1.807, 2.05) is 25.2 Å². The molecule has 150 valence electrons. The van der Waals surface area contributed by atoms with Crippen molar-refractivity contribution in [2.75, 3.05) is 46.6 Å². The average molecular weight is 383 g/mol. The highest BCUT2D eigenvalue weighted by Crippen LogP contribution is 2.28. The normalized spacial score (nSPS) is 11.3. The Morgan fingerprint density at radius 3 is 2.50 bits per heavy atom. The van der Waals surface area contributed by atoms with Crippen molar-refractivity contribution >= 4 is 11.0 Å². The molecule has 1 aromatic heterocycles. The van der Waals surface area contributed by atoms with Gasteiger partial charge in [0, 0.05) is 30.6 Å². The molecule has 5 heteroatoms. The molecule has 0 aliphatic carbocycles. The van der Waals surface area contributed by atoms with Gasteiger partial charge in [-0.15, -0.1) is 0 Å². The van der Waals surface area contributed by atoms with Crippen molar-refractivity contribution in [3.63, 3.8) is 0 Å². The van der Waals surface area contributed by atoms with Crippen LogP contribution in [-0.2, 0) is 16.0 Å². The van der Waals surface area contributed by atoms with Gasteiger partial charge in [-0.1, -0.05) is 42.5 Å². The Labute approximate surface area is 167 Å². The summed E-state index contributed by atoms with van der Waals surface area (Å²) in [6.07, 6.45) is 1.03. The summed E-state index contributed by atoms with van der Waals surface area (Å²) in [7, 11) is 1.95. The Balaban J connectivity index is 1.35. The number of nitrogens with one attached hydrogen (secondary N) is 2. The third kappa shape index (κ3) is 6.46. The Kier molecular flexibility index (Phi) is 8.53. The first-order valence-electron chi connectivity index (χ1n) is 9.95. The average Bonchev–Trinajstić information content (AvgIpc) is 3.16. The maximum atomic E-state index is 6.03. The van der Waals surface area contributed by atoms with Crippen LogP contribution in [0, 0.1) is 0 Å². The smallest absolute Gasteiger partial charge is 0.135 e. The van der Waals surface area contributed by atoms with E-state index in [2.05, 4.69) is 47.0 Å². The van der Waals surface area contributed by atoms with Gasteiger partial charge in [-0.05, 0) is 37.7 Å². The Morgan fingerprint density at radius 2 is 1.68 bits per heavy atom. The molecule has 0 unspecified atom stereocenters. The third-order valence-electron chi connectivity index (χ3n) is 4.48. The predicted molar refractivity (Wildman–Crippen MR) is 114 cm³/mol. The number of ether oxygens (including phenoxy) is 2. The summed E-state index contributed by atoms with van der Waals surface area (Å²) < 4.78 is 17.1. The second-order valence-corrected chi connectivity index (χ2v) is 6.71. The molecule has 3 aromatic rings. The van der Waals surface area contributed by atoms with Crippen molar-refractivity contribution in [2.24, 2.45) is 0 Å². The van der Waals surface area contributed by atoms with Gasteiger partial charge in [0.25, 0.3) is 0 Å². The second kappa shape index (κ2) is 11.6. The fourth-order valence-corrected chi connectivity index (χ4v) is 2.98. The molecular formula is C23H30N2O3. The molecule has 3 rings (SSSR count).